The Morgan fingerprint density at radius 3 is 2.76 bits per heavy atom. The number of nitrogens with one attached hydrogen (secondary N) is 1. The van der Waals surface area contributed by atoms with Gasteiger partial charge >= 0.3 is 0 Å². The van der Waals surface area contributed by atoms with Crippen LogP contribution >= 0.6 is 0 Å². The summed E-state index contributed by atoms with van der Waals surface area (Å²) >= 11 is 0. The molecule has 1 aliphatic heterocycles. The largest absolute Gasteiger partial charge is 0.494 e. The summed E-state index contributed by atoms with van der Waals surface area (Å²) in [6.07, 6.45) is 4.51. The van der Waals surface area contributed by atoms with Crippen LogP contribution in [0, 0.1) is 6.92 Å². The van der Waals surface area contributed by atoms with Gasteiger partial charge in [0.25, 0.3) is 11.5 Å². The van der Waals surface area contributed by atoms with Crippen LogP contribution in [0.15, 0.2) is 53.5 Å². The van der Waals surface area contributed by atoms with E-state index in [0.29, 0.717) is 42.0 Å². The fourth-order valence-corrected chi connectivity index (χ4v) is 4.47. The van der Waals surface area contributed by atoms with Gasteiger partial charge in [-0.2, -0.15) is 0 Å². The summed E-state index contributed by atoms with van der Waals surface area (Å²) in [5, 5.41) is 4.40. The Morgan fingerprint density at radius 2 is 2.00 bits per heavy atom. The van der Waals surface area contributed by atoms with Gasteiger partial charge in [-0.05, 0) is 73.9 Å². The zero-order valence-corrected chi connectivity index (χ0v) is 19.4. The van der Waals surface area contributed by atoms with Crippen LogP contribution < -0.4 is 15.6 Å². The van der Waals surface area contributed by atoms with Gasteiger partial charge in [0.05, 0.1) is 17.7 Å². The molecule has 2 fully saturated rings. The Labute approximate surface area is 198 Å². The lowest BCUT2D eigenvalue weighted by Crippen LogP contribution is -2.26. The fourth-order valence-electron chi connectivity index (χ4n) is 4.47. The summed E-state index contributed by atoms with van der Waals surface area (Å²) in [5.74, 6) is 0.533. The number of ether oxygens (including phenoxy) is 1. The molecule has 1 saturated heterocycles. The maximum Gasteiger partial charge on any atom is 0.263 e. The van der Waals surface area contributed by atoms with Crippen molar-refractivity contribution < 1.29 is 13.9 Å². The first-order valence-electron chi connectivity index (χ1n) is 12.0. The first kappa shape index (κ1) is 22.6. The number of likely N-dealkylation sites (tertiary alicyclic amines) is 1. The molecule has 6 nitrogen and oxygen atoms in total. The number of hydrogen-bond acceptors (Lipinski definition) is 4. The average Bonchev–Trinajstić information content (AvgIpc) is 3.55. The van der Waals surface area contributed by atoms with Crippen molar-refractivity contribution >= 4 is 16.7 Å². The maximum atomic E-state index is 13.4. The van der Waals surface area contributed by atoms with Gasteiger partial charge in [-0.15, -0.1) is 0 Å². The third-order valence-corrected chi connectivity index (χ3v) is 6.62. The van der Waals surface area contributed by atoms with Crippen LogP contribution in [0.3, 0.4) is 0 Å². The highest BCUT2D eigenvalue weighted by molar-refractivity contribution is 5.95. The van der Waals surface area contributed by atoms with Crippen molar-refractivity contribution in [2.75, 3.05) is 26.2 Å². The summed E-state index contributed by atoms with van der Waals surface area (Å²) in [6.45, 7) is 4.57. The molecule has 1 atom stereocenters. The lowest BCUT2D eigenvalue weighted by atomic mass is 10.1. The molecule has 0 spiro atoms. The second-order valence-electron chi connectivity index (χ2n) is 9.38. The van der Waals surface area contributed by atoms with Crippen molar-refractivity contribution in [3.05, 3.63) is 70.1 Å². The number of fused-ring (bicyclic) bond motifs is 1. The number of carbonyl (C=O) groups excluding carboxylic acids is 1. The number of hydrogen-bond donors (Lipinski definition) is 1. The van der Waals surface area contributed by atoms with E-state index in [9.17, 15) is 14.0 Å². The molecule has 0 radical (unpaired) electrons. The first-order valence-corrected chi connectivity index (χ1v) is 12.0. The van der Waals surface area contributed by atoms with Gasteiger partial charge in [0, 0.05) is 37.4 Å². The minimum Gasteiger partial charge on any atom is -0.494 e. The molecular formula is C27H30FN3O3. The number of halogens is 1. The van der Waals surface area contributed by atoms with E-state index < -0.39 is 6.17 Å². The van der Waals surface area contributed by atoms with Crippen LogP contribution in [0.4, 0.5) is 4.39 Å². The monoisotopic (exact) mass is 463 g/mol. The zero-order valence-electron chi connectivity index (χ0n) is 19.4. The van der Waals surface area contributed by atoms with Crippen molar-refractivity contribution in [1.29, 1.82) is 0 Å². The van der Waals surface area contributed by atoms with Crippen LogP contribution in [0.1, 0.15) is 41.6 Å². The van der Waals surface area contributed by atoms with E-state index in [1.54, 1.807) is 29.0 Å². The molecule has 0 bridgehead atoms. The molecule has 1 aromatic heterocycles. The normalized spacial score (nSPS) is 18.4. The molecule has 1 N–H and O–H groups in total. The number of amides is 1. The van der Waals surface area contributed by atoms with Gasteiger partial charge < -0.3 is 15.0 Å². The molecule has 1 aliphatic carbocycles. The Balaban J connectivity index is 1.34. The SMILES string of the molecule is Cc1ccc(C(=O)NC2CC2)cc1-n1ccc2ccc(OCCCN3CC[C@@H](F)C3)cc2c1=O. The average molecular weight is 464 g/mol. The third kappa shape index (κ3) is 4.99. The summed E-state index contributed by atoms with van der Waals surface area (Å²) in [7, 11) is 0. The number of alkyl halides is 1. The van der Waals surface area contributed by atoms with Crippen molar-refractivity contribution in [3.8, 4) is 11.4 Å². The third-order valence-electron chi connectivity index (χ3n) is 6.62. The lowest BCUT2D eigenvalue weighted by Gasteiger charge is -2.15. The molecule has 1 amide bonds. The number of pyridine rings is 1. The summed E-state index contributed by atoms with van der Waals surface area (Å²) in [5.41, 5.74) is 2.00. The van der Waals surface area contributed by atoms with Gasteiger partial charge in [-0.25, -0.2) is 4.39 Å². The zero-order chi connectivity index (χ0) is 23.7. The van der Waals surface area contributed by atoms with Crippen molar-refractivity contribution in [3.63, 3.8) is 0 Å². The van der Waals surface area contributed by atoms with Crippen molar-refractivity contribution in [2.45, 2.75) is 44.8 Å². The predicted molar refractivity (Wildman–Crippen MR) is 131 cm³/mol. The first-order chi connectivity index (χ1) is 16.5. The highest BCUT2D eigenvalue weighted by Crippen LogP contribution is 2.23. The van der Waals surface area contributed by atoms with E-state index in [1.165, 1.54) is 0 Å². The Morgan fingerprint density at radius 1 is 1.15 bits per heavy atom. The quantitative estimate of drug-likeness (QED) is 0.513. The molecule has 5 rings (SSSR count). The second kappa shape index (κ2) is 9.58. The van der Waals surface area contributed by atoms with Gasteiger partial charge in [0.2, 0.25) is 0 Å². The number of carbonyl (C=O) groups is 1. The van der Waals surface area contributed by atoms with Crippen LogP contribution in [-0.2, 0) is 0 Å². The summed E-state index contributed by atoms with van der Waals surface area (Å²) in [4.78, 5) is 28.0. The van der Waals surface area contributed by atoms with Crippen molar-refractivity contribution in [2.24, 2.45) is 0 Å². The molecular weight excluding hydrogens is 433 g/mol. The molecule has 1 saturated carbocycles. The van der Waals surface area contributed by atoms with Crippen LogP contribution in [0.25, 0.3) is 16.5 Å². The van der Waals surface area contributed by atoms with E-state index in [2.05, 4.69) is 10.2 Å². The molecule has 2 aromatic carbocycles. The molecule has 7 heteroatoms. The minimum absolute atomic E-state index is 0.107. The lowest BCUT2D eigenvalue weighted by molar-refractivity contribution is 0.0951. The van der Waals surface area contributed by atoms with Gasteiger partial charge in [-0.3, -0.25) is 14.2 Å². The molecule has 34 heavy (non-hydrogen) atoms. The number of aromatic nitrogens is 1. The van der Waals surface area contributed by atoms with E-state index in [4.69, 9.17) is 4.74 Å². The van der Waals surface area contributed by atoms with Crippen LogP contribution in [0.2, 0.25) is 0 Å². The van der Waals surface area contributed by atoms with Crippen LogP contribution in [0.5, 0.6) is 5.75 Å². The Hall–Kier alpha value is -3.19. The number of benzene rings is 2. The van der Waals surface area contributed by atoms with Crippen molar-refractivity contribution in [1.82, 2.24) is 14.8 Å². The highest BCUT2D eigenvalue weighted by atomic mass is 19.1. The maximum absolute atomic E-state index is 13.4. The smallest absolute Gasteiger partial charge is 0.263 e. The number of nitrogens with zero attached hydrogens (tertiary/aromatic N) is 2. The Bertz CT molecular complexity index is 1270. The number of aryl methyl sites for hydroxylation is 1. The molecule has 2 heterocycles. The second-order valence-corrected chi connectivity index (χ2v) is 9.38. The molecule has 178 valence electrons. The highest BCUT2D eigenvalue weighted by Gasteiger charge is 2.24. The van der Waals surface area contributed by atoms with Gasteiger partial charge in [0.15, 0.2) is 0 Å². The standard InChI is InChI=1S/C27H30FN3O3/c1-18-3-4-20(26(32)29-22-6-7-22)15-25(18)31-13-9-19-5-8-23(16-24(19)27(31)33)34-14-2-11-30-12-10-21(28)17-30/h3-5,8-9,13,15-16,21-22H,2,6-7,10-12,14,17H2,1H3,(H,29,32)/t21-/m1/s1. The van der Waals surface area contributed by atoms with E-state index >= 15 is 0 Å². The predicted octanol–water partition coefficient (Wildman–Crippen LogP) is 4.00. The number of rotatable bonds is 8. The van der Waals surface area contributed by atoms with E-state index in [1.807, 2.05) is 31.2 Å². The minimum atomic E-state index is -0.708. The molecule has 2 aliphatic rings. The topological polar surface area (TPSA) is 63.6 Å². The molecule has 3 aromatic rings. The molecule has 0 unspecified atom stereocenters. The summed E-state index contributed by atoms with van der Waals surface area (Å²) < 4.78 is 20.8. The van der Waals surface area contributed by atoms with Gasteiger partial charge in [-0.1, -0.05) is 12.1 Å². The Kier molecular flexibility index (Phi) is 6.37. The fraction of sp³-hybridized carbons (Fsp3) is 0.407. The van der Waals surface area contributed by atoms with Gasteiger partial charge in [0.1, 0.15) is 11.9 Å². The summed E-state index contributed by atoms with van der Waals surface area (Å²) in [6, 6.07) is 13.2. The van der Waals surface area contributed by atoms with E-state index in [0.717, 1.165) is 43.3 Å². The van der Waals surface area contributed by atoms with E-state index in [-0.39, 0.29) is 17.5 Å². The van der Waals surface area contributed by atoms with Crippen LogP contribution in [-0.4, -0.2) is 53.8 Å².